The molecule has 32 heavy (non-hydrogen) atoms. The molecule has 1 N–H and O–H groups in total. The van der Waals surface area contributed by atoms with E-state index in [4.69, 9.17) is 27.9 Å². The molecule has 0 heterocycles. The number of hydrogen-bond donors (Lipinski definition) is 1. The van der Waals surface area contributed by atoms with Crippen LogP contribution in [0.3, 0.4) is 0 Å². The Morgan fingerprint density at radius 2 is 1.62 bits per heavy atom. The predicted octanol–water partition coefficient (Wildman–Crippen LogP) is 5.61. The summed E-state index contributed by atoms with van der Waals surface area (Å²) in [6.45, 7) is 11.9. The predicted molar refractivity (Wildman–Crippen MR) is 130 cm³/mol. The van der Waals surface area contributed by atoms with Crippen LogP contribution in [0.4, 0.5) is 0 Å². The lowest BCUT2D eigenvalue weighted by molar-refractivity contribution is -0.142. The van der Waals surface area contributed by atoms with Crippen LogP contribution in [-0.2, 0) is 21.5 Å². The third-order valence-corrected chi connectivity index (χ3v) is 5.76. The van der Waals surface area contributed by atoms with Gasteiger partial charge in [0.25, 0.3) is 5.91 Å². The van der Waals surface area contributed by atoms with E-state index < -0.39 is 6.04 Å². The van der Waals surface area contributed by atoms with Crippen LogP contribution in [0.2, 0.25) is 10.0 Å². The Kier molecular flexibility index (Phi) is 8.99. The highest BCUT2D eigenvalue weighted by molar-refractivity contribution is 6.42. The number of ether oxygens (including phenoxy) is 1. The van der Waals surface area contributed by atoms with Crippen LogP contribution in [0.25, 0.3) is 0 Å². The number of hydrogen-bond acceptors (Lipinski definition) is 3. The molecule has 2 aromatic carbocycles. The third-order valence-electron chi connectivity index (χ3n) is 5.02. The second kappa shape index (κ2) is 11.1. The molecule has 1 atom stereocenters. The molecule has 2 aromatic rings. The Labute approximate surface area is 201 Å². The van der Waals surface area contributed by atoms with E-state index in [-0.39, 0.29) is 36.4 Å². The van der Waals surface area contributed by atoms with Gasteiger partial charge < -0.3 is 15.0 Å². The molecule has 2 amide bonds. The van der Waals surface area contributed by atoms with Crippen molar-refractivity contribution in [3.63, 3.8) is 0 Å². The van der Waals surface area contributed by atoms with Crippen molar-refractivity contribution in [1.82, 2.24) is 10.2 Å². The van der Waals surface area contributed by atoms with Crippen LogP contribution < -0.4 is 10.1 Å². The second-order valence-corrected chi connectivity index (χ2v) is 9.99. The van der Waals surface area contributed by atoms with Crippen LogP contribution in [0.15, 0.2) is 42.5 Å². The molecule has 0 saturated carbocycles. The smallest absolute Gasteiger partial charge is 0.261 e. The van der Waals surface area contributed by atoms with E-state index in [1.54, 1.807) is 25.1 Å². The molecular weight excluding hydrogens is 447 g/mol. The van der Waals surface area contributed by atoms with Crippen molar-refractivity contribution in [3.05, 3.63) is 63.6 Å². The Balaban J connectivity index is 2.16. The zero-order valence-corrected chi connectivity index (χ0v) is 21.1. The standard InChI is InChI=1S/C25H32Cl2N2O3/c1-16(2)28-24(31)17(3)29(14-18-7-12-21(26)22(27)13-18)23(30)15-32-20-10-8-19(9-11-20)25(4,5)6/h7-13,16-17H,14-15H2,1-6H3,(H,28,31). The van der Waals surface area contributed by atoms with E-state index in [1.165, 1.54) is 10.5 Å². The highest BCUT2D eigenvalue weighted by Crippen LogP contribution is 2.25. The SMILES string of the molecule is CC(C)NC(=O)C(C)N(Cc1ccc(Cl)c(Cl)c1)C(=O)COc1ccc(C(C)(C)C)cc1. The van der Waals surface area contributed by atoms with Gasteiger partial charge in [0.15, 0.2) is 6.61 Å². The fraction of sp³-hybridized carbons (Fsp3) is 0.440. The first kappa shape index (κ1) is 26.0. The van der Waals surface area contributed by atoms with Gasteiger partial charge in [0, 0.05) is 12.6 Å². The summed E-state index contributed by atoms with van der Waals surface area (Å²) in [6, 6.07) is 12.1. The van der Waals surface area contributed by atoms with E-state index in [2.05, 4.69) is 26.1 Å². The highest BCUT2D eigenvalue weighted by atomic mass is 35.5. The lowest BCUT2D eigenvalue weighted by Crippen LogP contribution is -2.50. The van der Waals surface area contributed by atoms with Crippen LogP contribution in [0.5, 0.6) is 5.75 Å². The van der Waals surface area contributed by atoms with Crippen molar-refractivity contribution in [2.45, 2.75) is 65.6 Å². The van der Waals surface area contributed by atoms with Gasteiger partial charge >= 0.3 is 0 Å². The number of carbonyl (C=O) groups is 2. The second-order valence-electron chi connectivity index (χ2n) is 9.17. The van der Waals surface area contributed by atoms with Gasteiger partial charge in [-0.3, -0.25) is 9.59 Å². The number of carbonyl (C=O) groups excluding carboxylic acids is 2. The summed E-state index contributed by atoms with van der Waals surface area (Å²) in [5.41, 5.74) is 1.98. The lowest BCUT2D eigenvalue weighted by atomic mass is 9.87. The van der Waals surface area contributed by atoms with E-state index >= 15 is 0 Å². The summed E-state index contributed by atoms with van der Waals surface area (Å²) in [6.07, 6.45) is 0. The van der Waals surface area contributed by atoms with Crippen LogP contribution in [0.1, 0.15) is 52.7 Å². The van der Waals surface area contributed by atoms with E-state index in [1.807, 2.05) is 38.1 Å². The molecule has 0 fully saturated rings. The van der Waals surface area contributed by atoms with Crippen LogP contribution >= 0.6 is 23.2 Å². The molecule has 0 aliphatic carbocycles. The third kappa shape index (κ3) is 7.42. The van der Waals surface area contributed by atoms with Crippen molar-refractivity contribution in [1.29, 1.82) is 0 Å². The molecule has 5 nitrogen and oxygen atoms in total. The average Bonchev–Trinajstić information content (AvgIpc) is 2.71. The Bertz CT molecular complexity index is 937. The summed E-state index contributed by atoms with van der Waals surface area (Å²) in [5.74, 6) is 0.0606. The molecule has 0 aliphatic heterocycles. The average molecular weight is 479 g/mol. The Hall–Kier alpha value is -2.24. The molecule has 0 radical (unpaired) electrons. The summed E-state index contributed by atoms with van der Waals surface area (Å²) in [4.78, 5) is 27.2. The van der Waals surface area contributed by atoms with Crippen LogP contribution in [-0.4, -0.2) is 35.4 Å². The summed E-state index contributed by atoms with van der Waals surface area (Å²) in [5, 5.41) is 3.68. The van der Waals surface area contributed by atoms with Gasteiger partial charge in [-0.15, -0.1) is 0 Å². The van der Waals surface area contributed by atoms with Gasteiger partial charge in [0.05, 0.1) is 10.0 Å². The van der Waals surface area contributed by atoms with Gasteiger partial charge in [-0.2, -0.15) is 0 Å². The molecule has 0 aliphatic rings. The van der Waals surface area contributed by atoms with Crippen molar-refractivity contribution in [2.75, 3.05) is 6.61 Å². The van der Waals surface area contributed by atoms with Gasteiger partial charge in [-0.1, -0.05) is 62.2 Å². The molecule has 7 heteroatoms. The molecule has 0 bridgehead atoms. The summed E-state index contributed by atoms with van der Waals surface area (Å²) in [7, 11) is 0. The lowest BCUT2D eigenvalue weighted by Gasteiger charge is -2.29. The minimum atomic E-state index is -0.689. The van der Waals surface area contributed by atoms with E-state index in [9.17, 15) is 9.59 Å². The van der Waals surface area contributed by atoms with E-state index in [0.29, 0.717) is 15.8 Å². The summed E-state index contributed by atoms with van der Waals surface area (Å²) >= 11 is 12.1. The molecule has 174 valence electrons. The van der Waals surface area contributed by atoms with Crippen LogP contribution in [0, 0.1) is 0 Å². The highest BCUT2D eigenvalue weighted by Gasteiger charge is 2.27. The first-order valence-corrected chi connectivity index (χ1v) is 11.4. The van der Waals surface area contributed by atoms with Crippen molar-refractivity contribution in [2.24, 2.45) is 0 Å². The first-order chi connectivity index (χ1) is 14.9. The monoisotopic (exact) mass is 478 g/mol. The number of nitrogens with one attached hydrogen (secondary N) is 1. The maximum atomic E-state index is 13.1. The maximum Gasteiger partial charge on any atom is 0.261 e. The maximum absolute atomic E-state index is 13.1. The summed E-state index contributed by atoms with van der Waals surface area (Å²) < 4.78 is 5.74. The molecule has 0 spiro atoms. The van der Waals surface area contributed by atoms with Crippen molar-refractivity contribution >= 4 is 35.0 Å². The number of amides is 2. The molecule has 1 unspecified atom stereocenters. The normalized spacial score (nSPS) is 12.4. The topological polar surface area (TPSA) is 58.6 Å². The van der Waals surface area contributed by atoms with Gasteiger partial charge in [0.1, 0.15) is 11.8 Å². The van der Waals surface area contributed by atoms with Gasteiger partial charge in [-0.05, 0) is 61.6 Å². The van der Waals surface area contributed by atoms with Gasteiger partial charge in [0.2, 0.25) is 5.91 Å². The molecule has 0 aromatic heterocycles. The molecule has 0 saturated heterocycles. The fourth-order valence-corrected chi connectivity index (χ4v) is 3.42. The van der Waals surface area contributed by atoms with Gasteiger partial charge in [-0.25, -0.2) is 0 Å². The largest absolute Gasteiger partial charge is 0.484 e. The minimum absolute atomic E-state index is 0.0320. The molecule has 2 rings (SSSR count). The fourth-order valence-electron chi connectivity index (χ4n) is 3.10. The number of rotatable bonds is 8. The number of nitrogens with zero attached hydrogens (tertiary/aromatic N) is 1. The molecular formula is C25H32Cl2N2O3. The Morgan fingerprint density at radius 3 is 2.16 bits per heavy atom. The zero-order chi connectivity index (χ0) is 24.1. The zero-order valence-electron chi connectivity index (χ0n) is 19.5. The van der Waals surface area contributed by atoms with E-state index in [0.717, 1.165) is 5.56 Å². The Morgan fingerprint density at radius 1 is 1.00 bits per heavy atom. The first-order valence-electron chi connectivity index (χ1n) is 10.7. The quantitative estimate of drug-likeness (QED) is 0.535. The number of halogens is 2. The van der Waals surface area contributed by atoms with Crippen molar-refractivity contribution in [3.8, 4) is 5.75 Å². The van der Waals surface area contributed by atoms with Crippen molar-refractivity contribution < 1.29 is 14.3 Å². The minimum Gasteiger partial charge on any atom is -0.484 e. The number of benzene rings is 2.